The standard InChI is InChI=1S/C13H24N4O/c1-10(9-18-3)14-11(2)13-16-15-12-7-5-4-6-8-17(12)13/h10-11,14H,4-9H2,1-3H3. The number of aromatic nitrogens is 3. The fraction of sp³-hybridized carbons (Fsp3) is 0.846. The third kappa shape index (κ3) is 3.09. The van der Waals surface area contributed by atoms with Crippen LogP contribution in [-0.4, -0.2) is 34.5 Å². The lowest BCUT2D eigenvalue weighted by Gasteiger charge is -2.19. The van der Waals surface area contributed by atoms with E-state index < -0.39 is 0 Å². The number of nitrogens with zero attached hydrogens (tertiary/aromatic N) is 3. The van der Waals surface area contributed by atoms with Crippen molar-refractivity contribution in [3.8, 4) is 0 Å². The Bertz CT molecular complexity index is 377. The van der Waals surface area contributed by atoms with Crippen molar-refractivity contribution in [2.24, 2.45) is 0 Å². The van der Waals surface area contributed by atoms with Crippen molar-refractivity contribution in [3.63, 3.8) is 0 Å². The Morgan fingerprint density at radius 1 is 1.28 bits per heavy atom. The molecule has 1 aromatic rings. The molecule has 0 aliphatic carbocycles. The summed E-state index contributed by atoms with van der Waals surface area (Å²) in [5.41, 5.74) is 0. The molecule has 18 heavy (non-hydrogen) atoms. The van der Waals surface area contributed by atoms with Crippen LogP contribution < -0.4 is 5.32 Å². The van der Waals surface area contributed by atoms with Gasteiger partial charge in [-0.2, -0.15) is 0 Å². The summed E-state index contributed by atoms with van der Waals surface area (Å²) < 4.78 is 7.44. The summed E-state index contributed by atoms with van der Waals surface area (Å²) in [7, 11) is 1.73. The molecule has 5 heteroatoms. The molecule has 0 aromatic carbocycles. The number of methoxy groups -OCH3 is 1. The van der Waals surface area contributed by atoms with Crippen molar-refractivity contribution in [2.75, 3.05) is 13.7 Å². The van der Waals surface area contributed by atoms with E-state index in [-0.39, 0.29) is 6.04 Å². The van der Waals surface area contributed by atoms with Gasteiger partial charge in [0.05, 0.1) is 12.6 Å². The van der Waals surface area contributed by atoms with Gasteiger partial charge in [-0.15, -0.1) is 10.2 Å². The Balaban J connectivity index is 2.06. The molecule has 1 N–H and O–H groups in total. The lowest BCUT2D eigenvalue weighted by molar-refractivity contribution is 0.167. The van der Waals surface area contributed by atoms with Gasteiger partial charge in [0.1, 0.15) is 11.6 Å². The van der Waals surface area contributed by atoms with Gasteiger partial charge in [-0.1, -0.05) is 6.42 Å². The van der Waals surface area contributed by atoms with Crippen LogP contribution in [-0.2, 0) is 17.7 Å². The summed E-state index contributed by atoms with van der Waals surface area (Å²) in [4.78, 5) is 0. The molecule has 1 aliphatic heterocycles. The molecule has 0 saturated heterocycles. The zero-order chi connectivity index (χ0) is 13.0. The molecule has 0 saturated carbocycles. The van der Waals surface area contributed by atoms with Crippen LogP contribution in [0.2, 0.25) is 0 Å². The molecule has 0 amide bonds. The van der Waals surface area contributed by atoms with E-state index in [0.29, 0.717) is 12.6 Å². The molecule has 0 radical (unpaired) electrons. The number of hydrogen-bond acceptors (Lipinski definition) is 4. The minimum atomic E-state index is 0.217. The normalized spacial score (nSPS) is 19.1. The topological polar surface area (TPSA) is 52.0 Å². The maximum Gasteiger partial charge on any atom is 0.149 e. The Labute approximate surface area is 109 Å². The van der Waals surface area contributed by atoms with Crippen LogP contribution >= 0.6 is 0 Å². The van der Waals surface area contributed by atoms with E-state index in [1.54, 1.807) is 7.11 Å². The first-order valence-electron chi connectivity index (χ1n) is 6.89. The highest BCUT2D eigenvalue weighted by Gasteiger charge is 2.20. The molecule has 2 rings (SSSR count). The quantitative estimate of drug-likeness (QED) is 0.866. The summed E-state index contributed by atoms with van der Waals surface area (Å²) >= 11 is 0. The van der Waals surface area contributed by atoms with Crippen LogP contribution in [0.5, 0.6) is 0 Å². The molecular formula is C13H24N4O. The molecule has 0 fully saturated rings. The summed E-state index contributed by atoms with van der Waals surface area (Å²) in [5.74, 6) is 2.21. The van der Waals surface area contributed by atoms with E-state index in [2.05, 4.69) is 33.9 Å². The van der Waals surface area contributed by atoms with Gasteiger partial charge >= 0.3 is 0 Å². The number of hydrogen-bond donors (Lipinski definition) is 1. The monoisotopic (exact) mass is 252 g/mol. The van der Waals surface area contributed by atoms with Crippen LogP contribution in [0.3, 0.4) is 0 Å². The van der Waals surface area contributed by atoms with Crippen molar-refractivity contribution < 1.29 is 4.74 Å². The van der Waals surface area contributed by atoms with E-state index in [0.717, 1.165) is 24.6 Å². The lowest BCUT2D eigenvalue weighted by Crippen LogP contribution is -2.33. The fourth-order valence-corrected chi connectivity index (χ4v) is 2.63. The van der Waals surface area contributed by atoms with Crippen molar-refractivity contribution >= 4 is 0 Å². The highest BCUT2D eigenvalue weighted by atomic mass is 16.5. The first-order chi connectivity index (χ1) is 8.72. The van der Waals surface area contributed by atoms with Gasteiger partial charge in [-0.3, -0.25) is 0 Å². The second kappa shape index (κ2) is 6.29. The van der Waals surface area contributed by atoms with Crippen LogP contribution in [0.25, 0.3) is 0 Å². The van der Waals surface area contributed by atoms with Gasteiger partial charge in [0.2, 0.25) is 0 Å². The zero-order valence-corrected chi connectivity index (χ0v) is 11.6. The van der Waals surface area contributed by atoms with Crippen LogP contribution in [0.4, 0.5) is 0 Å². The van der Waals surface area contributed by atoms with E-state index in [1.165, 1.54) is 19.3 Å². The molecule has 102 valence electrons. The van der Waals surface area contributed by atoms with Gasteiger partial charge in [-0.05, 0) is 26.7 Å². The first-order valence-corrected chi connectivity index (χ1v) is 6.89. The Morgan fingerprint density at radius 2 is 2.11 bits per heavy atom. The highest BCUT2D eigenvalue weighted by Crippen LogP contribution is 2.18. The summed E-state index contributed by atoms with van der Waals surface area (Å²) in [5, 5.41) is 12.2. The van der Waals surface area contributed by atoms with E-state index in [4.69, 9.17) is 4.74 Å². The van der Waals surface area contributed by atoms with Crippen molar-refractivity contribution in [1.29, 1.82) is 0 Å². The number of nitrogens with one attached hydrogen (secondary N) is 1. The van der Waals surface area contributed by atoms with Gasteiger partial charge in [0.15, 0.2) is 0 Å². The molecular weight excluding hydrogens is 228 g/mol. The van der Waals surface area contributed by atoms with Gasteiger partial charge in [0.25, 0.3) is 0 Å². The van der Waals surface area contributed by atoms with Gasteiger partial charge in [0, 0.05) is 26.1 Å². The second-order valence-corrected chi connectivity index (χ2v) is 5.18. The van der Waals surface area contributed by atoms with Gasteiger partial charge < -0.3 is 14.6 Å². The van der Waals surface area contributed by atoms with Crippen molar-refractivity contribution in [2.45, 2.75) is 58.2 Å². The molecule has 2 heterocycles. The Morgan fingerprint density at radius 3 is 2.89 bits per heavy atom. The summed E-state index contributed by atoms with van der Waals surface area (Å²) in [6.45, 7) is 6.04. The third-order valence-corrected chi connectivity index (χ3v) is 3.48. The number of fused-ring (bicyclic) bond motifs is 1. The maximum absolute atomic E-state index is 5.15. The minimum Gasteiger partial charge on any atom is -0.383 e. The molecule has 1 aliphatic rings. The Kier molecular flexibility index (Phi) is 4.72. The fourth-order valence-electron chi connectivity index (χ4n) is 2.63. The smallest absolute Gasteiger partial charge is 0.149 e. The second-order valence-electron chi connectivity index (χ2n) is 5.18. The third-order valence-electron chi connectivity index (χ3n) is 3.48. The van der Waals surface area contributed by atoms with Crippen LogP contribution in [0.15, 0.2) is 0 Å². The molecule has 2 unspecified atom stereocenters. The largest absolute Gasteiger partial charge is 0.383 e. The highest BCUT2D eigenvalue weighted by molar-refractivity contribution is 5.02. The number of rotatable bonds is 5. The SMILES string of the molecule is COCC(C)NC(C)c1nnc2n1CCCCC2. The lowest BCUT2D eigenvalue weighted by atomic mass is 10.2. The predicted molar refractivity (Wildman–Crippen MR) is 70.5 cm³/mol. The minimum absolute atomic E-state index is 0.217. The number of ether oxygens (including phenoxy) is 1. The maximum atomic E-state index is 5.15. The molecule has 0 spiro atoms. The average Bonchev–Trinajstić information content (AvgIpc) is 2.59. The van der Waals surface area contributed by atoms with E-state index in [1.807, 2.05) is 0 Å². The summed E-state index contributed by atoms with van der Waals surface area (Å²) in [6.07, 6.45) is 4.83. The predicted octanol–water partition coefficient (Wildman–Crippen LogP) is 1.69. The summed E-state index contributed by atoms with van der Waals surface area (Å²) in [6, 6.07) is 0.540. The first kappa shape index (κ1) is 13.5. The van der Waals surface area contributed by atoms with Crippen LogP contribution in [0.1, 0.15) is 50.8 Å². The molecule has 2 atom stereocenters. The van der Waals surface area contributed by atoms with E-state index >= 15 is 0 Å². The molecule has 5 nitrogen and oxygen atoms in total. The van der Waals surface area contributed by atoms with Crippen LogP contribution in [0, 0.1) is 0 Å². The average molecular weight is 252 g/mol. The number of aryl methyl sites for hydroxylation is 1. The van der Waals surface area contributed by atoms with E-state index in [9.17, 15) is 0 Å². The Hall–Kier alpha value is -0.940. The zero-order valence-electron chi connectivity index (χ0n) is 11.6. The van der Waals surface area contributed by atoms with Crippen molar-refractivity contribution in [1.82, 2.24) is 20.1 Å². The van der Waals surface area contributed by atoms with Crippen molar-refractivity contribution in [3.05, 3.63) is 11.6 Å². The molecule has 1 aromatic heterocycles. The molecule has 0 bridgehead atoms. The van der Waals surface area contributed by atoms with Gasteiger partial charge in [-0.25, -0.2) is 0 Å².